The standard InChI is InChI=1S/C18H15NO3S2/c20-17(16-4-2-12-24-16)19-14-7-5-13(6-8-14)18(21)22-10-9-15-3-1-11-23-15/h1-8,11-12H,9-10H2,(H,19,20). The number of carbonyl (C=O) groups is 2. The van der Waals surface area contributed by atoms with Gasteiger partial charge in [0.2, 0.25) is 0 Å². The maximum absolute atomic E-state index is 12.0. The van der Waals surface area contributed by atoms with Gasteiger partial charge in [0, 0.05) is 17.0 Å². The zero-order chi connectivity index (χ0) is 16.8. The van der Waals surface area contributed by atoms with Crippen LogP contribution in [0.5, 0.6) is 0 Å². The molecule has 0 aliphatic carbocycles. The van der Waals surface area contributed by atoms with Crippen LogP contribution in [0, 0.1) is 0 Å². The Morgan fingerprint density at radius 1 is 0.958 bits per heavy atom. The lowest BCUT2D eigenvalue weighted by molar-refractivity contribution is 0.0510. The number of rotatable bonds is 6. The van der Waals surface area contributed by atoms with Crippen LogP contribution >= 0.6 is 22.7 Å². The van der Waals surface area contributed by atoms with Gasteiger partial charge in [-0.2, -0.15) is 0 Å². The zero-order valence-electron chi connectivity index (χ0n) is 12.7. The summed E-state index contributed by atoms with van der Waals surface area (Å²) in [5.41, 5.74) is 1.11. The summed E-state index contributed by atoms with van der Waals surface area (Å²) >= 11 is 3.03. The van der Waals surface area contributed by atoms with E-state index in [4.69, 9.17) is 4.74 Å². The van der Waals surface area contributed by atoms with Crippen LogP contribution in [-0.4, -0.2) is 18.5 Å². The van der Waals surface area contributed by atoms with Crippen molar-refractivity contribution in [3.8, 4) is 0 Å². The van der Waals surface area contributed by atoms with Crippen molar-refractivity contribution in [2.24, 2.45) is 0 Å². The molecule has 3 aromatic rings. The summed E-state index contributed by atoms with van der Waals surface area (Å²) in [6, 6.07) is 14.3. The highest BCUT2D eigenvalue weighted by Crippen LogP contribution is 2.15. The minimum atomic E-state index is -0.359. The molecule has 0 saturated carbocycles. The molecule has 0 aliphatic rings. The largest absolute Gasteiger partial charge is 0.462 e. The molecule has 2 heterocycles. The molecule has 3 rings (SSSR count). The molecule has 0 saturated heterocycles. The third-order valence-electron chi connectivity index (χ3n) is 3.29. The highest BCUT2D eigenvalue weighted by molar-refractivity contribution is 7.12. The molecular formula is C18H15NO3S2. The minimum Gasteiger partial charge on any atom is -0.462 e. The van der Waals surface area contributed by atoms with Crippen LogP contribution in [0.1, 0.15) is 24.9 Å². The van der Waals surface area contributed by atoms with Crippen molar-refractivity contribution in [3.05, 3.63) is 74.6 Å². The molecule has 122 valence electrons. The van der Waals surface area contributed by atoms with Gasteiger partial charge in [0.05, 0.1) is 17.0 Å². The highest BCUT2D eigenvalue weighted by atomic mass is 32.1. The first kappa shape index (κ1) is 16.4. The summed E-state index contributed by atoms with van der Waals surface area (Å²) in [7, 11) is 0. The second-order valence-electron chi connectivity index (χ2n) is 4.97. The molecular weight excluding hydrogens is 342 g/mol. The summed E-state index contributed by atoms with van der Waals surface area (Å²) < 4.78 is 5.26. The van der Waals surface area contributed by atoms with E-state index in [9.17, 15) is 9.59 Å². The van der Waals surface area contributed by atoms with E-state index >= 15 is 0 Å². The van der Waals surface area contributed by atoms with Gasteiger partial charge in [-0.1, -0.05) is 12.1 Å². The fourth-order valence-electron chi connectivity index (χ4n) is 2.07. The SMILES string of the molecule is O=C(OCCc1cccs1)c1ccc(NC(=O)c2cccs2)cc1. The molecule has 1 N–H and O–H groups in total. The normalized spacial score (nSPS) is 10.3. The number of anilines is 1. The fraction of sp³-hybridized carbons (Fsp3) is 0.111. The molecule has 0 aliphatic heterocycles. The Bertz CT molecular complexity index is 793. The van der Waals surface area contributed by atoms with Crippen LogP contribution < -0.4 is 5.32 Å². The number of benzene rings is 1. The number of carbonyl (C=O) groups excluding carboxylic acids is 2. The number of ether oxygens (including phenoxy) is 1. The van der Waals surface area contributed by atoms with Crippen molar-refractivity contribution in [2.75, 3.05) is 11.9 Å². The van der Waals surface area contributed by atoms with Crippen molar-refractivity contribution in [2.45, 2.75) is 6.42 Å². The zero-order valence-corrected chi connectivity index (χ0v) is 14.4. The first-order chi connectivity index (χ1) is 11.7. The highest BCUT2D eigenvalue weighted by Gasteiger charge is 2.09. The Kier molecular flexibility index (Phi) is 5.40. The van der Waals surface area contributed by atoms with E-state index in [1.54, 1.807) is 41.7 Å². The summed E-state index contributed by atoms with van der Waals surface area (Å²) in [5.74, 6) is -0.515. The van der Waals surface area contributed by atoms with Crippen LogP contribution in [-0.2, 0) is 11.2 Å². The van der Waals surface area contributed by atoms with Gasteiger partial charge in [0.1, 0.15) is 0 Å². The van der Waals surface area contributed by atoms with Crippen LogP contribution in [0.15, 0.2) is 59.3 Å². The third-order valence-corrected chi connectivity index (χ3v) is 5.09. The van der Waals surface area contributed by atoms with Gasteiger partial charge in [-0.05, 0) is 47.2 Å². The maximum Gasteiger partial charge on any atom is 0.338 e. The lowest BCUT2D eigenvalue weighted by Gasteiger charge is -2.06. The van der Waals surface area contributed by atoms with Crippen LogP contribution in [0.4, 0.5) is 5.69 Å². The molecule has 0 unspecified atom stereocenters. The average Bonchev–Trinajstić information content (AvgIpc) is 3.29. The van der Waals surface area contributed by atoms with E-state index < -0.39 is 0 Å². The van der Waals surface area contributed by atoms with Crippen LogP contribution in [0.2, 0.25) is 0 Å². The Labute approximate surface area is 147 Å². The van der Waals surface area contributed by atoms with E-state index in [1.807, 2.05) is 29.0 Å². The number of amides is 1. The number of hydrogen-bond donors (Lipinski definition) is 1. The van der Waals surface area contributed by atoms with Gasteiger partial charge in [-0.15, -0.1) is 22.7 Å². The molecule has 2 aromatic heterocycles. The quantitative estimate of drug-likeness (QED) is 0.663. The summed E-state index contributed by atoms with van der Waals surface area (Å²) in [6.07, 6.45) is 0.721. The second-order valence-corrected chi connectivity index (χ2v) is 6.95. The first-order valence-corrected chi connectivity index (χ1v) is 9.13. The van der Waals surface area contributed by atoms with E-state index in [0.717, 1.165) is 6.42 Å². The van der Waals surface area contributed by atoms with E-state index in [-0.39, 0.29) is 11.9 Å². The lowest BCUT2D eigenvalue weighted by atomic mass is 10.2. The van der Waals surface area contributed by atoms with E-state index in [0.29, 0.717) is 22.7 Å². The fourth-order valence-corrected chi connectivity index (χ4v) is 3.38. The first-order valence-electron chi connectivity index (χ1n) is 7.37. The van der Waals surface area contributed by atoms with Crippen molar-refractivity contribution in [1.82, 2.24) is 0 Å². The average molecular weight is 357 g/mol. The molecule has 1 amide bonds. The monoisotopic (exact) mass is 357 g/mol. The molecule has 24 heavy (non-hydrogen) atoms. The predicted molar refractivity (Wildman–Crippen MR) is 97.0 cm³/mol. The smallest absolute Gasteiger partial charge is 0.338 e. The van der Waals surface area contributed by atoms with Gasteiger partial charge in [0.25, 0.3) is 5.91 Å². The molecule has 0 radical (unpaired) electrons. The number of hydrogen-bond acceptors (Lipinski definition) is 5. The van der Waals surface area contributed by atoms with E-state index in [1.165, 1.54) is 16.2 Å². The van der Waals surface area contributed by atoms with Crippen molar-refractivity contribution in [3.63, 3.8) is 0 Å². The summed E-state index contributed by atoms with van der Waals surface area (Å²) in [6.45, 7) is 0.357. The van der Waals surface area contributed by atoms with Gasteiger partial charge in [-0.25, -0.2) is 4.79 Å². The van der Waals surface area contributed by atoms with Gasteiger partial charge in [-0.3, -0.25) is 4.79 Å². The van der Waals surface area contributed by atoms with Crippen molar-refractivity contribution >= 4 is 40.2 Å². The minimum absolute atomic E-state index is 0.156. The number of thiophene rings is 2. The summed E-state index contributed by atoms with van der Waals surface area (Å²) in [5, 5.41) is 6.64. The topological polar surface area (TPSA) is 55.4 Å². The molecule has 0 atom stereocenters. The van der Waals surface area contributed by atoms with Crippen LogP contribution in [0.25, 0.3) is 0 Å². The Balaban J connectivity index is 1.51. The van der Waals surface area contributed by atoms with E-state index in [2.05, 4.69) is 5.32 Å². The third kappa shape index (κ3) is 4.31. The molecule has 0 spiro atoms. The predicted octanol–water partition coefficient (Wildman–Crippen LogP) is 4.46. The van der Waals surface area contributed by atoms with Crippen LogP contribution in [0.3, 0.4) is 0 Å². The molecule has 0 bridgehead atoms. The summed E-state index contributed by atoms with van der Waals surface area (Å²) in [4.78, 5) is 25.8. The Morgan fingerprint density at radius 2 is 1.71 bits per heavy atom. The van der Waals surface area contributed by atoms with Crippen molar-refractivity contribution < 1.29 is 14.3 Å². The maximum atomic E-state index is 12.0. The molecule has 4 nitrogen and oxygen atoms in total. The molecule has 6 heteroatoms. The number of esters is 1. The van der Waals surface area contributed by atoms with Gasteiger partial charge < -0.3 is 10.1 Å². The number of nitrogens with one attached hydrogen (secondary N) is 1. The molecule has 1 aromatic carbocycles. The Hall–Kier alpha value is -2.44. The van der Waals surface area contributed by atoms with Gasteiger partial charge >= 0.3 is 5.97 Å². The Morgan fingerprint density at radius 3 is 2.38 bits per heavy atom. The molecule has 0 fully saturated rings. The van der Waals surface area contributed by atoms with Gasteiger partial charge in [0.15, 0.2) is 0 Å². The van der Waals surface area contributed by atoms with Crippen molar-refractivity contribution in [1.29, 1.82) is 0 Å². The lowest BCUT2D eigenvalue weighted by Crippen LogP contribution is -2.11. The second kappa shape index (κ2) is 7.90.